The Bertz CT molecular complexity index is 697. The van der Waals surface area contributed by atoms with E-state index in [0.29, 0.717) is 23.9 Å². The first-order valence-electron chi connectivity index (χ1n) is 8.91. The van der Waals surface area contributed by atoms with Crippen LogP contribution in [0.1, 0.15) is 41.8 Å². The van der Waals surface area contributed by atoms with Gasteiger partial charge in [-0.25, -0.2) is 0 Å². The second-order valence-corrected chi connectivity index (χ2v) is 8.13. The molecule has 1 aromatic carbocycles. The van der Waals surface area contributed by atoms with Crippen LogP contribution in [0.4, 0.5) is 0 Å². The number of carbonyl (C=O) groups excluding carboxylic acids is 1. The Morgan fingerprint density at radius 2 is 1.79 bits per heavy atom. The fraction of sp³-hybridized carbons (Fsp3) is 0.450. The van der Waals surface area contributed by atoms with Crippen LogP contribution in [0.15, 0.2) is 41.8 Å². The molecule has 0 aliphatic heterocycles. The smallest absolute Gasteiger partial charge is 0.262 e. The SMILES string of the molecule is NC1CC2CCCC(C1)C2NC(=O)c1sccc1-c1ccccc1. The standard InChI is InChI=1S/C20H24N2OS/c21-16-11-14-7-4-8-15(12-16)18(14)22-20(23)19-17(9-10-24-19)13-5-2-1-3-6-13/h1-3,5-6,9-10,14-16,18H,4,7-8,11-12,21H2,(H,22,23). The molecule has 2 aliphatic carbocycles. The number of thiophene rings is 1. The highest BCUT2D eigenvalue weighted by Crippen LogP contribution is 2.40. The zero-order valence-electron chi connectivity index (χ0n) is 13.8. The topological polar surface area (TPSA) is 55.1 Å². The molecule has 2 unspecified atom stereocenters. The molecule has 2 aliphatic rings. The summed E-state index contributed by atoms with van der Waals surface area (Å²) >= 11 is 1.53. The van der Waals surface area contributed by atoms with Crippen molar-refractivity contribution in [2.45, 2.75) is 44.2 Å². The van der Waals surface area contributed by atoms with E-state index in [4.69, 9.17) is 5.73 Å². The maximum Gasteiger partial charge on any atom is 0.262 e. The van der Waals surface area contributed by atoms with Gasteiger partial charge >= 0.3 is 0 Å². The van der Waals surface area contributed by atoms with Crippen molar-refractivity contribution >= 4 is 17.2 Å². The Balaban J connectivity index is 1.54. The second kappa shape index (κ2) is 6.69. The third-order valence-electron chi connectivity index (χ3n) is 5.63. The first-order valence-corrected chi connectivity index (χ1v) is 9.79. The Morgan fingerprint density at radius 1 is 1.08 bits per heavy atom. The number of nitrogens with two attached hydrogens (primary N) is 1. The maximum absolute atomic E-state index is 12.9. The zero-order valence-corrected chi connectivity index (χ0v) is 14.6. The molecule has 3 N–H and O–H groups in total. The Morgan fingerprint density at radius 3 is 2.50 bits per heavy atom. The van der Waals surface area contributed by atoms with E-state index >= 15 is 0 Å². The van der Waals surface area contributed by atoms with Crippen molar-refractivity contribution in [2.75, 3.05) is 0 Å². The number of hydrogen-bond donors (Lipinski definition) is 2. The van der Waals surface area contributed by atoms with Gasteiger partial charge in [0.1, 0.15) is 0 Å². The summed E-state index contributed by atoms with van der Waals surface area (Å²) < 4.78 is 0. The molecule has 4 heteroatoms. The molecule has 2 atom stereocenters. The van der Waals surface area contributed by atoms with Gasteiger partial charge < -0.3 is 11.1 Å². The predicted octanol–water partition coefficient (Wildman–Crippen LogP) is 4.05. The molecular weight excluding hydrogens is 316 g/mol. The monoisotopic (exact) mass is 340 g/mol. The number of benzene rings is 1. The lowest BCUT2D eigenvalue weighted by molar-refractivity contribution is 0.0760. The average molecular weight is 340 g/mol. The lowest BCUT2D eigenvalue weighted by atomic mass is 9.67. The summed E-state index contributed by atoms with van der Waals surface area (Å²) in [4.78, 5) is 13.8. The lowest BCUT2D eigenvalue weighted by Gasteiger charge is -2.45. The summed E-state index contributed by atoms with van der Waals surface area (Å²) in [6, 6.07) is 12.8. The number of nitrogens with one attached hydrogen (secondary N) is 1. The van der Waals surface area contributed by atoms with Crippen LogP contribution in [-0.4, -0.2) is 18.0 Å². The van der Waals surface area contributed by atoms with Gasteiger partial charge in [0.25, 0.3) is 5.91 Å². The van der Waals surface area contributed by atoms with Crippen molar-refractivity contribution in [1.29, 1.82) is 0 Å². The van der Waals surface area contributed by atoms with Crippen molar-refractivity contribution in [3.8, 4) is 11.1 Å². The highest BCUT2D eigenvalue weighted by molar-refractivity contribution is 7.12. The molecule has 0 radical (unpaired) electrons. The first kappa shape index (κ1) is 15.9. The van der Waals surface area contributed by atoms with E-state index < -0.39 is 0 Å². The summed E-state index contributed by atoms with van der Waals surface area (Å²) in [5.74, 6) is 1.19. The van der Waals surface area contributed by atoms with E-state index in [-0.39, 0.29) is 5.91 Å². The summed E-state index contributed by atoms with van der Waals surface area (Å²) in [6.07, 6.45) is 5.79. The van der Waals surface area contributed by atoms with Crippen LogP contribution in [0.5, 0.6) is 0 Å². The van der Waals surface area contributed by atoms with Crippen molar-refractivity contribution < 1.29 is 4.79 Å². The Hall–Kier alpha value is -1.65. The number of fused-ring (bicyclic) bond motifs is 2. The molecule has 2 bridgehead atoms. The summed E-state index contributed by atoms with van der Waals surface area (Å²) in [5, 5.41) is 5.38. The van der Waals surface area contributed by atoms with E-state index in [9.17, 15) is 4.79 Å². The maximum atomic E-state index is 12.9. The molecule has 1 aromatic heterocycles. The predicted molar refractivity (Wildman–Crippen MR) is 99.0 cm³/mol. The number of rotatable bonds is 3. The van der Waals surface area contributed by atoms with Gasteiger partial charge in [-0.1, -0.05) is 36.8 Å². The molecule has 1 heterocycles. The highest BCUT2D eigenvalue weighted by Gasteiger charge is 2.40. The normalized spacial score (nSPS) is 29.2. The van der Waals surface area contributed by atoms with Crippen LogP contribution in [0.25, 0.3) is 11.1 Å². The molecule has 1 amide bonds. The van der Waals surface area contributed by atoms with Crippen molar-refractivity contribution in [2.24, 2.45) is 17.6 Å². The molecule has 24 heavy (non-hydrogen) atoms. The molecule has 0 spiro atoms. The molecule has 2 saturated carbocycles. The third kappa shape index (κ3) is 3.01. The van der Waals surface area contributed by atoms with Gasteiger partial charge in [0, 0.05) is 17.6 Å². The Kier molecular flexibility index (Phi) is 4.42. The number of hydrogen-bond acceptors (Lipinski definition) is 3. The minimum atomic E-state index is 0.0845. The molecule has 0 saturated heterocycles. The van der Waals surface area contributed by atoms with Crippen LogP contribution in [0, 0.1) is 11.8 Å². The quantitative estimate of drug-likeness (QED) is 0.885. The lowest BCUT2D eigenvalue weighted by Crippen LogP contribution is -2.53. The van der Waals surface area contributed by atoms with E-state index in [1.807, 2.05) is 29.6 Å². The Labute approximate surface area is 147 Å². The van der Waals surface area contributed by atoms with Gasteiger partial charge in [0.2, 0.25) is 0 Å². The van der Waals surface area contributed by atoms with Gasteiger partial charge in [0.15, 0.2) is 0 Å². The molecule has 2 aromatic rings. The van der Waals surface area contributed by atoms with Gasteiger partial charge in [-0.3, -0.25) is 4.79 Å². The van der Waals surface area contributed by atoms with Gasteiger partial charge in [-0.2, -0.15) is 0 Å². The van der Waals surface area contributed by atoms with Gasteiger partial charge in [0.05, 0.1) is 4.88 Å². The van der Waals surface area contributed by atoms with Gasteiger partial charge in [-0.05, 0) is 54.5 Å². The molecule has 4 rings (SSSR count). The zero-order chi connectivity index (χ0) is 16.5. The fourth-order valence-corrected chi connectivity index (χ4v) is 5.39. The minimum Gasteiger partial charge on any atom is -0.348 e. The summed E-state index contributed by atoms with van der Waals surface area (Å²) in [6.45, 7) is 0. The highest BCUT2D eigenvalue weighted by atomic mass is 32.1. The summed E-state index contributed by atoms with van der Waals surface area (Å²) in [7, 11) is 0. The van der Waals surface area contributed by atoms with Crippen LogP contribution in [0.3, 0.4) is 0 Å². The van der Waals surface area contributed by atoms with Crippen LogP contribution < -0.4 is 11.1 Å². The van der Waals surface area contributed by atoms with Crippen molar-refractivity contribution in [1.82, 2.24) is 5.32 Å². The molecule has 3 nitrogen and oxygen atoms in total. The van der Waals surface area contributed by atoms with Crippen LogP contribution in [-0.2, 0) is 0 Å². The molecular formula is C20H24N2OS. The average Bonchev–Trinajstić information content (AvgIpc) is 3.06. The van der Waals surface area contributed by atoms with E-state index in [1.54, 1.807) is 0 Å². The number of amides is 1. The molecule has 2 fully saturated rings. The second-order valence-electron chi connectivity index (χ2n) is 7.21. The van der Waals surface area contributed by atoms with E-state index in [2.05, 4.69) is 17.4 Å². The van der Waals surface area contributed by atoms with E-state index in [0.717, 1.165) is 28.8 Å². The van der Waals surface area contributed by atoms with Crippen LogP contribution in [0.2, 0.25) is 0 Å². The van der Waals surface area contributed by atoms with Crippen LogP contribution >= 0.6 is 11.3 Å². The van der Waals surface area contributed by atoms with E-state index in [1.165, 1.54) is 30.6 Å². The molecule has 126 valence electrons. The van der Waals surface area contributed by atoms with Gasteiger partial charge in [-0.15, -0.1) is 11.3 Å². The largest absolute Gasteiger partial charge is 0.348 e. The van der Waals surface area contributed by atoms with Crippen molar-refractivity contribution in [3.63, 3.8) is 0 Å². The van der Waals surface area contributed by atoms with Crippen molar-refractivity contribution in [3.05, 3.63) is 46.7 Å². The first-order chi connectivity index (χ1) is 11.7. The fourth-order valence-electron chi connectivity index (χ4n) is 4.57. The summed E-state index contributed by atoms with van der Waals surface area (Å²) in [5.41, 5.74) is 8.35. The minimum absolute atomic E-state index is 0.0845. The third-order valence-corrected chi connectivity index (χ3v) is 6.54. The number of carbonyl (C=O) groups is 1.